The van der Waals surface area contributed by atoms with Crippen molar-refractivity contribution >= 4 is 0 Å². The van der Waals surface area contributed by atoms with Gasteiger partial charge in [-0.3, -0.25) is 0 Å². The number of hydrogen-bond donors (Lipinski definition) is 1. The first-order valence-corrected chi connectivity index (χ1v) is 7.03. The molecule has 2 atom stereocenters. The fourth-order valence-corrected chi connectivity index (χ4v) is 2.14. The third-order valence-corrected chi connectivity index (χ3v) is 3.39. The molecule has 3 heteroatoms. The highest BCUT2D eigenvalue weighted by molar-refractivity contribution is 5.30. The van der Waals surface area contributed by atoms with Crippen LogP contribution in [0.25, 0.3) is 0 Å². The maximum atomic E-state index is 13.6. The zero-order chi connectivity index (χ0) is 14.4. The summed E-state index contributed by atoms with van der Waals surface area (Å²) < 4.78 is 18.6. The lowest BCUT2D eigenvalue weighted by atomic mass is 10.0. The predicted octanol–water partition coefficient (Wildman–Crippen LogP) is 4.31. The first-order valence-electron chi connectivity index (χ1n) is 7.03. The molecule has 0 saturated carbocycles. The van der Waals surface area contributed by atoms with E-state index in [0.717, 1.165) is 17.9 Å². The van der Waals surface area contributed by atoms with Crippen LogP contribution in [0.3, 0.4) is 0 Å². The van der Waals surface area contributed by atoms with Crippen molar-refractivity contribution in [3.05, 3.63) is 29.6 Å². The summed E-state index contributed by atoms with van der Waals surface area (Å²) in [6.45, 7) is 8.70. The first kappa shape index (κ1) is 16.0. The Labute approximate surface area is 116 Å². The normalized spacial score (nSPS) is 14.5. The number of halogens is 1. The molecule has 0 aliphatic heterocycles. The molecule has 0 spiro atoms. The highest BCUT2D eigenvalue weighted by Gasteiger charge is 2.12. The molecule has 1 N–H and O–H groups in total. The van der Waals surface area contributed by atoms with E-state index in [1.54, 1.807) is 12.1 Å². The average molecular weight is 267 g/mol. The van der Waals surface area contributed by atoms with Crippen LogP contribution in [-0.4, -0.2) is 13.2 Å². The number of benzene rings is 1. The van der Waals surface area contributed by atoms with Crippen LogP contribution in [0.4, 0.5) is 4.39 Å². The Morgan fingerprint density at radius 1 is 1.16 bits per heavy atom. The fraction of sp³-hybridized carbons (Fsp3) is 0.625. The van der Waals surface area contributed by atoms with E-state index < -0.39 is 0 Å². The first-order chi connectivity index (χ1) is 8.93. The van der Waals surface area contributed by atoms with Crippen LogP contribution in [0.15, 0.2) is 18.2 Å². The van der Waals surface area contributed by atoms with Gasteiger partial charge in [-0.2, -0.15) is 0 Å². The Bertz CT molecular complexity index is 392. The topological polar surface area (TPSA) is 21.3 Å². The summed E-state index contributed by atoms with van der Waals surface area (Å²) in [6.07, 6.45) is 2.35. The highest BCUT2D eigenvalue weighted by atomic mass is 19.1. The Hall–Kier alpha value is -1.09. The van der Waals surface area contributed by atoms with Crippen molar-refractivity contribution in [1.82, 2.24) is 5.32 Å². The SMILES string of the molecule is COc1ccc(C(C)NC(C)CCC(C)C)cc1F. The maximum Gasteiger partial charge on any atom is 0.165 e. The van der Waals surface area contributed by atoms with Crippen LogP contribution < -0.4 is 10.1 Å². The van der Waals surface area contributed by atoms with Crippen molar-refractivity contribution in [1.29, 1.82) is 0 Å². The van der Waals surface area contributed by atoms with Gasteiger partial charge < -0.3 is 10.1 Å². The van der Waals surface area contributed by atoms with Crippen molar-refractivity contribution in [3.8, 4) is 5.75 Å². The van der Waals surface area contributed by atoms with Gasteiger partial charge in [0.1, 0.15) is 0 Å². The summed E-state index contributed by atoms with van der Waals surface area (Å²) in [5.74, 6) is 0.713. The van der Waals surface area contributed by atoms with E-state index in [1.165, 1.54) is 13.5 Å². The summed E-state index contributed by atoms with van der Waals surface area (Å²) in [6, 6.07) is 5.72. The Balaban J connectivity index is 2.57. The van der Waals surface area contributed by atoms with Crippen LogP contribution in [-0.2, 0) is 0 Å². The number of hydrogen-bond acceptors (Lipinski definition) is 2. The van der Waals surface area contributed by atoms with Gasteiger partial charge in [-0.1, -0.05) is 19.9 Å². The smallest absolute Gasteiger partial charge is 0.165 e. The molecule has 0 amide bonds. The lowest BCUT2D eigenvalue weighted by Crippen LogP contribution is -2.29. The molecule has 0 aromatic heterocycles. The van der Waals surface area contributed by atoms with Gasteiger partial charge in [0, 0.05) is 12.1 Å². The van der Waals surface area contributed by atoms with Gasteiger partial charge >= 0.3 is 0 Å². The van der Waals surface area contributed by atoms with E-state index >= 15 is 0 Å². The number of ether oxygens (including phenoxy) is 1. The molecule has 0 fully saturated rings. The molecule has 0 aliphatic rings. The molecule has 108 valence electrons. The fourth-order valence-electron chi connectivity index (χ4n) is 2.14. The zero-order valence-corrected chi connectivity index (χ0v) is 12.7. The maximum absolute atomic E-state index is 13.6. The molecule has 1 aromatic rings. The third-order valence-electron chi connectivity index (χ3n) is 3.39. The molecule has 0 radical (unpaired) electrons. The molecule has 0 aliphatic carbocycles. The van der Waals surface area contributed by atoms with E-state index in [4.69, 9.17) is 4.74 Å². The molecule has 0 heterocycles. The number of methoxy groups -OCH3 is 1. The zero-order valence-electron chi connectivity index (χ0n) is 12.7. The third kappa shape index (κ3) is 5.19. The summed E-state index contributed by atoms with van der Waals surface area (Å²) in [5.41, 5.74) is 0.953. The van der Waals surface area contributed by atoms with Crippen molar-refractivity contribution < 1.29 is 9.13 Å². The van der Waals surface area contributed by atoms with Crippen molar-refractivity contribution in [2.45, 2.75) is 52.6 Å². The Kier molecular flexibility index (Phi) is 6.29. The summed E-state index contributed by atoms with van der Waals surface area (Å²) in [5, 5.41) is 3.51. The van der Waals surface area contributed by atoms with Gasteiger partial charge in [0.05, 0.1) is 7.11 Å². The molecule has 0 bridgehead atoms. The molecule has 2 unspecified atom stereocenters. The minimum atomic E-state index is -0.302. The molecule has 0 saturated heterocycles. The van der Waals surface area contributed by atoms with Crippen LogP contribution in [0.5, 0.6) is 5.75 Å². The highest BCUT2D eigenvalue weighted by Crippen LogP contribution is 2.22. The molecule has 1 rings (SSSR count). The molecular weight excluding hydrogens is 241 g/mol. The second-order valence-corrected chi connectivity index (χ2v) is 5.65. The van der Waals surface area contributed by atoms with Crippen LogP contribution in [0.1, 0.15) is 52.1 Å². The van der Waals surface area contributed by atoms with Crippen LogP contribution in [0, 0.1) is 11.7 Å². The van der Waals surface area contributed by atoms with Crippen molar-refractivity contribution in [3.63, 3.8) is 0 Å². The molecule has 2 nitrogen and oxygen atoms in total. The Morgan fingerprint density at radius 3 is 2.37 bits per heavy atom. The van der Waals surface area contributed by atoms with Gasteiger partial charge in [-0.25, -0.2) is 4.39 Å². The second kappa shape index (κ2) is 7.49. The second-order valence-electron chi connectivity index (χ2n) is 5.65. The monoisotopic (exact) mass is 267 g/mol. The van der Waals surface area contributed by atoms with E-state index in [-0.39, 0.29) is 11.9 Å². The van der Waals surface area contributed by atoms with E-state index in [1.807, 2.05) is 6.07 Å². The van der Waals surface area contributed by atoms with Gasteiger partial charge in [-0.05, 0) is 50.3 Å². The number of rotatable bonds is 7. The number of nitrogens with one attached hydrogen (secondary N) is 1. The van der Waals surface area contributed by atoms with Crippen LogP contribution >= 0.6 is 0 Å². The molecule has 1 aromatic carbocycles. The van der Waals surface area contributed by atoms with Gasteiger partial charge in [0.2, 0.25) is 0 Å². The largest absolute Gasteiger partial charge is 0.494 e. The minimum absolute atomic E-state index is 0.141. The van der Waals surface area contributed by atoms with E-state index in [9.17, 15) is 4.39 Å². The Morgan fingerprint density at radius 2 is 1.84 bits per heavy atom. The summed E-state index contributed by atoms with van der Waals surface area (Å²) in [7, 11) is 1.48. The van der Waals surface area contributed by atoms with Gasteiger partial charge in [0.25, 0.3) is 0 Å². The minimum Gasteiger partial charge on any atom is -0.494 e. The quantitative estimate of drug-likeness (QED) is 0.795. The van der Waals surface area contributed by atoms with E-state index in [0.29, 0.717) is 11.8 Å². The van der Waals surface area contributed by atoms with E-state index in [2.05, 4.69) is 33.0 Å². The average Bonchev–Trinajstić information content (AvgIpc) is 2.36. The van der Waals surface area contributed by atoms with Gasteiger partial charge in [-0.15, -0.1) is 0 Å². The molecule has 19 heavy (non-hydrogen) atoms. The lowest BCUT2D eigenvalue weighted by molar-refractivity contribution is 0.384. The molecular formula is C16H26FNO. The van der Waals surface area contributed by atoms with Crippen molar-refractivity contribution in [2.75, 3.05) is 7.11 Å². The standard InChI is InChI=1S/C16H26FNO/c1-11(2)6-7-12(3)18-13(4)14-8-9-16(19-5)15(17)10-14/h8-13,18H,6-7H2,1-5H3. The van der Waals surface area contributed by atoms with Crippen molar-refractivity contribution in [2.24, 2.45) is 5.92 Å². The predicted molar refractivity (Wildman–Crippen MR) is 78.0 cm³/mol. The van der Waals surface area contributed by atoms with Gasteiger partial charge in [0.15, 0.2) is 11.6 Å². The summed E-state index contributed by atoms with van der Waals surface area (Å²) in [4.78, 5) is 0. The lowest BCUT2D eigenvalue weighted by Gasteiger charge is -2.21. The summed E-state index contributed by atoms with van der Waals surface area (Å²) >= 11 is 0. The van der Waals surface area contributed by atoms with Crippen LogP contribution in [0.2, 0.25) is 0 Å².